The van der Waals surface area contributed by atoms with Gasteiger partial charge in [-0.05, 0) is 48.2 Å². The lowest BCUT2D eigenvalue weighted by Crippen LogP contribution is -1.85. The minimum atomic E-state index is 1.03. The summed E-state index contributed by atoms with van der Waals surface area (Å²) < 4.78 is 0. The maximum Gasteiger partial charge on any atom is 0.0249 e. The van der Waals surface area contributed by atoms with Crippen molar-refractivity contribution >= 4 is 6.08 Å². The van der Waals surface area contributed by atoms with Gasteiger partial charge in [0.15, 0.2) is 0 Å². The van der Waals surface area contributed by atoms with Gasteiger partial charge in [-0.2, -0.15) is 0 Å². The van der Waals surface area contributed by atoms with E-state index < -0.39 is 0 Å². The molecule has 0 N–H and O–H groups in total. The zero-order chi connectivity index (χ0) is 14.9. The van der Waals surface area contributed by atoms with Gasteiger partial charge < -0.3 is 0 Å². The molecule has 0 unspecified atom stereocenters. The van der Waals surface area contributed by atoms with E-state index in [2.05, 4.69) is 49.6 Å². The van der Waals surface area contributed by atoms with Crippen molar-refractivity contribution in [2.45, 2.75) is 32.6 Å². The fourth-order valence-electron chi connectivity index (χ4n) is 2.18. The van der Waals surface area contributed by atoms with E-state index in [1.165, 1.54) is 31.2 Å². The second-order valence-electron chi connectivity index (χ2n) is 5.23. The van der Waals surface area contributed by atoms with Crippen molar-refractivity contribution in [3.05, 3.63) is 77.4 Å². The van der Waals surface area contributed by atoms with Crippen molar-refractivity contribution in [1.82, 2.24) is 0 Å². The summed E-state index contributed by atoms with van der Waals surface area (Å²) in [4.78, 5) is 0. The molecule has 0 spiro atoms. The number of unbranched alkanes of at least 4 members (excludes halogenated alkanes) is 2. The van der Waals surface area contributed by atoms with Gasteiger partial charge in [-0.3, -0.25) is 0 Å². The zero-order valence-electron chi connectivity index (χ0n) is 12.7. The van der Waals surface area contributed by atoms with Crippen LogP contribution >= 0.6 is 0 Å². The molecule has 0 fully saturated rings. The maximum atomic E-state index is 3.75. The highest BCUT2D eigenvalue weighted by Gasteiger charge is 1.93. The number of hydrogen-bond donors (Lipinski definition) is 0. The smallest absolute Gasteiger partial charge is 0.0249 e. The van der Waals surface area contributed by atoms with Gasteiger partial charge in [0.1, 0.15) is 0 Å². The van der Waals surface area contributed by atoms with E-state index in [1.807, 2.05) is 30.3 Å². The van der Waals surface area contributed by atoms with Crippen LogP contribution in [-0.2, 0) is 6.42 Å². The summed E-state index contributed by atoms with van der Waals surface area (Å²) in [5, 5.41) is 0. The Morgan fingerprint density at radius 2 is 1.43 bits per heavy atom. The van der Waals surface area contributed by atoms with Crippen LogP contribution in [0.1, 0.15) is 48.4 Å². The minimum Gasteiger partial charge on any atom is -0.0985 e. The molecule has 0 saturated carbocycles. The number of benzene rings is 2. The maximum absolute atomic E-state index is 3.75. The molecule has 2 rings (SSSR count). The van der Waals surface area contributed by atoms with Crippen LogP contribution in [0.3, 0.4) is 0 Å². The van der Waals surface area contributed by atoms with Crippen molar-refractivity contribution < 1.29 is 0 Å². The Balaban J connectivity index is 1.99. The molecule has 0 radical (unpaired) electrons. The normalized spacial score (nSPS) is 9.76. The molecule has 0 nitrogen and oxygen atoms in total. The van der Waals surface area contributed by atoms with Gasteiger partial charge in [-0.25, -0.2) is 0 Å². The highest BCUT2D eigenvalue weighted by Crippen LogP contribution is 2.09. The van der Waals surface area contributed by atoms with Crippen LogP contribution in [0.4, 0.5) is 0 Å². The monoisotopic (exact) mass is 274 g/mol. The van der Waals surface area contributed by atoms with Crippen LogP contribution < -0.4 is 0 Å². The third-order valence-electron chi connectivity index (χ3n) is 3.52. The Bertz CT molecular complexity index is 618. The van der Waals surface area contributed by atoms with Gasteiger partial charge in [-0.15, -0.1) is 0 Å². The summed E-state index contributed by atoms with van der Waals surface area (Å²) >= 11 is 0. The molecule has 2 aromatic rings. The highest BCUT2D eigenvalue weighted by molar-refractivity contribution is 5.50. The van der Waals surface area contributed by atoms with E-state index in [0.717, 1.165) is 16.7 Å². The predicted octanol–water partition coefficient (Wildman–Crippen LogP) is 5.46. The highest BCUT2D eigenvalue weighted by atomic mass is 14.0. The van der Waals surface area contributed by atoms with Crippen LogP contribution in [0.5, 0.6) is 0 Å². The molecule has 2 aromatic carbocycles. The van der Waals surface area contributed by atoms with Gasteiger partial charge >= 0.3 is 0 Å². The third kappa shape index (κ3) is 4.97. The summed E-state index contributed by atoms with van der Waals surface area (Å²) in [6.07, 6.45) is 6.87. The fourth-order valence-corrected chi connectivity index (χ4v) is 2.18. The molecule has 0 saturated heterocycles. The molecule has 0 bridgehead atoms. The second kappa shape index (κ2) is 8.12. The summed E-state index contributed by atoms with van der Waals surface area (Å²) in [7, 11) is 0. The van der Waals surface area contributed by atoms with E-state index in [-0.39, 0.29) is 0 Å². The largest absolute Gasteiger partial charge is 0.0985 e. The molecular weight excluding hydrogens is 252 g/mol. The fraction of sp³-hybridized carbons (Fsp3) is 0.238. The van der Waals surface area contributed by atoms with E-state index in [1.54, 1.807) is 0 Å². The molecule has 0 heteroatoms. The van der Waals surface area contributed by atoms with Crippen molar-refractivity contribution in [3.63, 3.8) is 0 Å². The Kier molecular flexibility index (Phi) is 5.85. The summed E-state index contributed by atoms with van der Waals surface area (Å²) in [5.41, 5.74) is 4.64. The molecule has 0 aliphatic rings. The Hall–Kier alpha value is -2.26. The lowest BCUT2D eigenvalue weighted by atomic mass is 10.1. The Morgan fingerprint density at radius 1 is 0.857 bits per heavy atom. The predicted molar refractivity (Wildman–Crippen MR) is 92.2 cm³/mol. The van der Waals surface area contributed by atoms with Gasteiger partial charge in [0.25, 0.3) is 0 Å². The number of aryl methyl sites for hydroxylation is 1. The van der Waals surface area contributed by atoms with Crippen molar-refractivity contribution in [2.24, 2.45) is 0 Å². The first-order chi connectivity index (χ1) is 10.3. The van der Waals surface area contributed by atoms with E-state index in [0.29, 0.717) is 0 Å². The number of hydrogen-bond acceptors (Lipinski definition) is 0. The second-order valence-corrected chi connectivity index (χ2v) is 5.23. The van der Waals surface area contributed by atoms with Crippen LogP contribution in [0.25, 0.3) is 6.08 Å². The van der Waals surface area contributed by atoms with Crippen LogP contribution in [0.15, 0.2) is 55.1 Å². The molecule has 0 heterocycles. The summed E-state index contributed by atoms with van der Waals surface area (Å²) in [6, 6.07) is 16.8. The molecule has 0 amide bonds. The SMILES string of the molecule is C=Cc1ccc(C#Cc2ccc(CCCCC)cc2)cc1. The zero-order valence-corrected chi connectivity index (χ0v) is 12.7. The third-order valence-corrected chi connectivity index (χ3v) is 3.52. The molecular formula is C21H22. The van der Waals surface area contributed by atoms with Crippen molar-refractivity contribution in [1.29, 1.82) is 0 Å². The average Bonchev–Trinajstić information content (AvgIpc) is 2.55. The molecule has 21 heavy (non-hydrogen) atoms. The summed E-state index contributed by atoms with van der Waals surface area (Å²) in [5.74, 6) is 6.42. The lowest BCUT2D eigenvalue weighted by molar-refractivity contribution is 0.717. The van der Waals surface area contributed by atoms with Gasteiger partial charge in [0.2, 0.25) is 0 Å². The van der Waals surface area contributed by atoms with Gasteiger partial charge in [0, 0.05) is 11.1 Å². The summed E-state index contributed by atoms with van der Waals surface area (Å²) in [6.45, 7) is 5.99. The molecule has 0 aliphatic carbocycles. The molecule has 0 aromatic heterocycles. The quantitative estimate of drug-likeness (QED) is 0.501. The standard InChI is InChI=1S/C21H22/c1-3-5-6-7-19-12-14-21(15-13-19)17-16-20-10-8-18(4-2)9-11-20/h4,8-15H,2-3,5-7H2,1H3. The first-order valence-electron chi connectivity index (χ1n) is 7.65. The minimum absolute atomic E-state index is 1.03. The van der Waals surface area contributed by atoms with Crippen LogP contribution in [0.2, 0.25) is 0 Å². The molecule has 0 aliphatic heterocycles. The number of rotatable bonds is 5. The Labute approximate surface area is 128 Å². The van der Waals surface area contributed by atoms with E-state index >= 15 is 0 Å². The Morgan fingerprint density at radius 3 is 1.95 bits per heavy atom. The van der Waals surface area contributed by atoms with E-state index in [4.69, 9.17) is 0 Å². The van der Waals surface area contributed by atoms with Crippen molar-refractivity contribution in [2.75, 3.05) is 0 Å². The lowest BCUT2D eigenvalue weighted by Gasteiger charge is -2.00. The van der Waals surface area contributed by atoms with Crippen molar-refractivity contribution in [3.8, 4) is 11.8 Å². The average molecular weight is 274 g/mol. The first-order valence-corrected chi connectivity index (χ1v) is 7.65. The van der Waals surface area contributed by atoms with Crippen LogP contribution in [0, 0.1) is 11.8 Å². The first kappa shape index (κ1) is 15.1. The van der Waals surface area contributed by atoms with Gasteiger partial charge in [0.05, 0.1) is 0 Å². The van der Waals surface area contributed by atoms with E-state index in [9.17, 15) is 0 Å². The van der Waals surface area contributed by atoms with Crippen LogP contribution in [-0.4, -0.2) is 0 Å². The molecule has 106 valence electrons. The van der Waals surface area contributed by atoms with Gasteiger partial charge in [-0.1, -0.05) is 68.5 Å². The molecule has 0 atom stereocenters. The topological polar surface area (TPSA) is 0 Å².